The first-order valence-electron chi connectivity index (χ1n) is 7.18. The molecule has 0 aliphatic carbocycles. The number of carbonyl (C=O) groups is 1. The van der Waals surface area contributed by atoms with E-state index in [0.29, 0.717) is 24.5 Å². The number of pyridine rings is 1. The predicted octanol–water partition coefficient (Wildman–Crippen LogP) is 1.66. The number of rotatable bonds is 2. The first-order valence-corrected chi connectivity index (χ1v) is 7.18. The van der Waals surface area contributed by atoms with Crippen LogP contribution in [0.5, 0.6) is 0 Å². The number of anilines is 1. The predicted molar refractivity (Wildman–Crippen MR) is 81.8 cm³/mol. The SMILES string of the molecule is CC(O)C1CCN(C(=O)c2cnc(N)c3ccccc23)C1. The van der Waals surface area contributed by atoms with Crippen LogP contribution in [0.15, 0.2) is 30.5 Å². The summed E-state index contributed by atoms with van der Waals surface area (Å²) in [7, 11) is 0. The molecule has 1 saturated heterocycles. The Labute approximate surface area is 123 Å². The molecular weight excluding hydrogens is 266 g/mol. The quantitative estimate of drug-likeness (QED) is 0.879. The summed E-state index contributed by atoms with van der Waals surface area (Å²) >= 11 is 0. The van der Waals surface area contributed by atoms with Crippen LogP contribution in [-0.4, -0.2) is 40.1 Å². The molecule has 3 rings (SSSR count). The van der Waals surface area contributed by atoms with Crippen molar-refractivity contribution >= 4 is 22.5 Å². The van der Waals surface area contributed by atoms with Gasteiger partial charge in [-0.1, -0.05) is 24.3 Å². The second kappa shape index (κ2) is 5.33. The highest BCUT2D eigenvalue weighted by Gasteiger charge is 2.30. The zero-order valence-corrected chi connectivity index (χ0v) is 12.0. The lowest BCUT2D eigenvalue weighted by atomic mass is 10.0. The van der Waals surface area contributed by atoms with Gasteiger partial charge >= 0.3 is 0 Å². The fourth-order valence-electron chi connectivity index (χ4n) is 2.92. The fourth-order valence-corrected chi connectivity index (χ4v) is 2.92. The molecule has 2 unspecified atom stereocenters. The van der Waals surface area contributed by atoms with Gasteiger partial charge in [0.05, 0.1) is 11.7 Å². The van der Waals surface area contributed by atoms with Crippen LogP contribution in [0.1, 0.15) is 23.7 Å². The Balaban J connectivity index is 1.94. The van der Waals surface area contributed by atoms with Crippen molar-refractivity contribution in [2.75, 3.05) is 18.8 Å². The summed E-state index contributed by atoms with van der Waals surface area (Å²) < 4.78 is 0. The lowest BCUT2D eigenvalue weighted by Gasteiger charge is -2.18. The van der Waals surface area contributed by atoms with Crippen molar-refractivity contribution in [2.45, 2.75) is 19.4 Å². The van der Waals surface area contributed by atoms with E-state index in [2.05, 4.69) is 4.98 Å². The Hall–Kier alpha value is -2.14. The first-order chi connectivity index (χ1) is 10.1. The fraction of sp³-hybridized carbons (Fsp3) is 0.375. The minimum atomic E-state index is -0.385. The minimum absolute atomic E-state index is 0.0400. The number of fused-ring (bicyclic) bond motifs is 1. The van der Waals surface area contributed by atoms with Crippen molar-refractivity contribution < 1.29 is 9.90 Å². The summed E-state index contributed by atoms with van der Waals surface area (Å²) in [5.41, 5.74) is 6.45. The van der Waals surface area contributed by atoms with E-state index in [9.17, 15) is 9.90 Å². The molecule has 0 radical (unpaired) electrons. The Morgan fingerprint density at radius 3 is 2.81 bits per heavy atom. The number of nitrogen functional groups attached to an aromatic ring is 1. The van der Waals surface area contributed by atoms with E-state index >= 15 is 0 Å². The lowest BCUT2D eigenvalue weighted by Crippen LogP contribution is -2.30. The van der Waals surface area contributed by atoms with Crippen LogP contribution in [0.3, 0.4) is 0 Å². The van der Waals surface area contributed by atoms with Gasteiger partial charge in [0.2, 0.25) is 0 Å². The molecular formula is C16H19N3O2. The third-order valence-corrected chi connectivity index (χ3v) is 4.25. The monoisotopic (exact) mass is 285 g/mol. The van der Waals surface area contributed by atoms with Gasteiger partial charge < -0.3 is 15.7 Å². The molecule has 5 nitrogen and oxygen atoms in total. The van der Waals surface area contributed by atoms with Crippen LogP contribution >= 0.6 is 0 Å². The number of hydrogen-bond acceptors (Lipinski definition) is 4. The van der Waals surface area contributed by atoms with Crippen molar-refractivity contribution in [2.24, 2.45) is 5.92 Å². The van der Waals surface area contributed by atoms with Crippen molar-refractivity contribution in [1.82, 2.24) is 9.88 Å². The second-order valence-electron chi connectivity index (χ2n) is 5.64. The molecule has 2 heterocycles. The standard InChI is InChI=1S/C16H19N3O2/c1-10(20)11-6-7-19(9-11)16(21)14-8-18-15(17)13-5-3-2-4-12(13)14/h2-5,8,10-11,20H,6-7,9H2,1H3,(H2,17,18). The maximum atomic E-state index is 12.7. The van der Waals surface area contributed by atoms with Gasteiger partial charge in [0.1, 0.15) is 5.82 Å². The van der Waals surface area contributed by atoms with Gasteiger partial charge in [-0.15, -0.1) is 0 Å². The van der Waals surface area contributed by atoms with Crippen LogP contribution in [0.4, 0.5) is 5.82 Å². The number of benzene rings is 1. The highest BCUT2D eigenvalue weighted by atomic mass is 16.3. The summed E-state index contributed by atoms with van der Waals surface area (Å²) in [5.74, 6) is 0.550. The Kier molecular flexibility index (Phi) is 3.51. The molecule has 0 saturated carbocycles. The molecule has 0 spiro atoms. The van der Waals surface area contributed by atoms with E-state index < -0.39 is 0 Å². The molecule has 0 bridgehead atoms. The third-order valence-electron chi connectivity index (χ3n) is 4.25. The second-order valence-corrected chi connectivity index (χ2v) is 5.64. The molecule has 2 aromatic rings. The largest absolute Gasteiger partial charge is 0.393 e. The number of amides is 1. The third kappa shape index (κ3) is 2.45. The number of nitrogens with two attached hydrogens (primary N) is 1. The molecule has 1 aliphatic rings. The molecule has 3 N–H and O–H groups in total. The van der Waals surface area contributed by atoms with Crippen molar-refractivity contribution in [3.05, 3.63) is 36.0 Å². The van der Waals surface area contributed by atoms with Gasteiger partial charge in [-0.05, 0) is 18.7 Å². The Morgan fingerprint density at radius 2 is 2.14 bits per heavy atom. The number of aliphatic hydroxyl groups is 1. The first kappa shape index (κ1) is 13.8. The molecule has 110 valence electrons. The van der Waals surface area contributed by atoms with Crippen molar-refractivity contribution in [1.29, 1.82) is 0 Å². The van der Waals surface area contributed by atoms with Gasteiger partial charge in [0.25, 0.3) is 5.91 Å². The van der Waals surface area contributed by atoms with Crippen LogP contribution in [0, 0.1) is 5.92 Å². The molecule has 1 aromatic carbocycles. The van der Waals surface area contributed by atoms with E-state index in [1.54, 1.807) is 18.0 Å². The summed E-state index contributed by atoms with van der Waals surface area (Å²) in [5, 5.41) is 11.3. The molecule has 21 heavy (non-hydrogen) atoms. The smallest absolute Gasteiger partial charge is 0.256 e. The molecule has 1 fully saturated rings. The molecule has 1 aliphatic heterocycles. The van der Waals surface area contributed by atoms with Crippen LogP contribution < -0.4 is 5.73 Å². The van der Waals surface area contributed by atoms with E-state index in [-0.39, 0.29) is 17.9 Å². The Bertz CT molecular complexity index is 684. The van der Waals surface area contributed by atoms with Gasteiger partial charge in [-0.2, -0.15) is 0 Å². The molecule has 2 atom stereocenters. The maximum Gasteiger partial charge on any atom is 0.256 e. The van der Waals surface area contributed by atoms with E-state index in [1.807, 2.05) is 24.3 Å². The number of aliphatic hydroxyl groups excluding tert-OH is 1. The number of nitrogens with zero attached hydrogens (tertiary/aromatic N) is 2. The van der Waals surface area contributed by atoms with Crippen LogP contribution in [-0.2, 0) is 0 Å². The summed E-state index contributed by atoms with van der Waals surface area (Å²) in [6, 6.07) is 7.54. The summed E-state index contributed by atoms with van der Waals surface area (Å²) in [6.45, 7) is 3.04. The molecule has 1 aromatic heterocycles. The molecule has 5 heteroatoms. The molecule has 1 amide bonds. The highest BCUT2D eigenvalue weighted by molar-refractivity contribution is 6.09. The number of hydrogen-bond donors (Lipinski definition) is 2. The normalized spacial score (nSPS) is 19.9. The van der Waals surface area contributed by atoms with Gasteiger partial charge in [-0.25, -0.2) is 4.98 Å². The van der Waals surface area contributed by atoms with Gasteiger partial charge in [0, 0.05) is 30.6 Å². The van der Waals surface area contributed by atoms with Crippen molar-refractivity contribution in [3.63, 3.8) is 0 Å². The van der Waals surface area contributed by atoms with Gasteiger partial charge in [-0.3, -0.25) is 4.79 Å². The summed E-state index contributed by atoms with van der Waals surface area (Å²) in [4.78, 5) is 18.6. The topological polar surface area (TPSA) is 79.5 Å². The van der Waals surface area contributed by atoms with Crippen LogP contribution in [0.25, 0.3) is 10.8 Å². The van der Waals surface area contributed by atoms with E-state index in [0.717, 1.165) is 17.2 Å². The Morgan fingerprint density at radius 1 is 1.43 bits per heavy atom. The minimum Gasteiger partial charge on any atom is -0.393 e. The average molecular weight is 285 g/mol. The maximum absolute atomic E-state index is 12.7. The number of carbonyl (C=O) groups excluding carboxylic acids is 1. The van der Waals surface area contributed by atoms with Crippen LogP contribution in [0.2, 0.25) is 0 Å². The van der Waals surface area contributed by atoms with E-state index in [1.165, 1.54) is 0 Å². The number of likely N-dealkylation sites (tertiary alicyclic amines) is 1. The van der Waals surface area contributed by atoms with E-state index in [4.69, 9.17) is 5.73 Å². The zero-order valence-electron chi connectivity index (χ0n) is 12.0. The van der Waals surface area contributed by atoms with Crippen molar-refractivity contribution in [3.8, 4) is 0 Å². The zero-order chi connectivity index (χ0) is 15.0. The lowest BCUT2D eigenvalue weighted by molar-refractivity contribution is 0.0764. The highest BCUT2D eigenvalue weighted by Crippen LogP contribution is 2.26. The number of aromatic nitrogens is 1. The average Bonchev–Trinajstić information content (AvgIpc) is 2.97. The van der Waals surface area contributed by atoms with Gasteiger partial charge in [0.15, 0.2) is 0 Å². The summed E-state index contributed by atoms with van der Waals surface area (Å²) in [6.07, 6.45) is 2.00.